The number of nitrogens with one attached hydrogen (secondary N) is 3. The van der Waals surface area contributed by atoms with Crippen molar-refractivity contribution in [3.8, 4) is 0 Å². The van der Waals surface area contributed by atoms with E-state index in [2.05, 4.69) is 67.9 Å². The largest absolute Gasteiger partial charge is 0.362 e. The molecule has 0 unspecified atom stereocenters. The van der Waals surface area contributed by atoms with Gasteiger partial charge in [-0.05, 0) is 73.0 Å². The number of anilines is 3. The molecule has 7 heteroatoms. The molecule has 1 fully saturated rings. The van der Waals surface area contributed by atoms with Crippen molar-refractivity contribution >= 4 is 45.7 Å². The van der Waals surface area contributed by atoms with Gasteiger partial charge in [0.25, 0.3) is 0 Å². The summed E-state index contributed by atoms with van der Waals surface area (Å²) in [6.45, 7) is 8.93. The van der Waals surface area contributed by atoms with Crippen LogP contribution in [0.1, 0.15) is 76.3 Å². The fraction of sp³-hybridized carbons (Fsp3) is 0.483. The van der Waals surface area contributed by atoms with Gasteiger partial charge in [-0.2, -0.15) is 4.98 Å². The predicted molar refractivity (Wildman–Crippen MR) is 158 cm³/mol. The molecule has 3 N–H and O–H groups in total. The average Bonchev–Trinajstić information content (AvgIpc) is 2.84. The molecule has 1 saturated carbocycles. The lowest BCUT2D eigenvalue weighted by Gasteiger charge is -2.31. The first-order valence-electron chi connectivity index (χ1n) is 13.1. The van der Waals surface area contributed by atoms with Gasteiger partial charge >= 0.3 is 0 Å². The van der Waals surface area contributed by atoms with Crippen molar-refractivity contribution in [3.63, 3.8) is 0 Å². The van der Waals surface area contributed by atoms with Crippen LogP contribution >= 0.6 is 12.2 Å². The summed E-state index contributed by atoms with van der Waals surface area (Å²) in [6, 6.07) is 15.5. The van der Waals surface area contributed by atoms with Crippen molar-refractivity contribution in [3.05, 3.63) is 53.6 Å². The zero-order chi connectivity index (χ0) is 25.8. The number of benzene rings is 2. The number of nitrogens with zero attached hydrogens (tertiary/aromatic N) is 3. The number of para-hydroxylation sites is 2. The first kappa shape index (κ1) is 26.1. The Kier molecular flexibility index (Phi) is 8.29. The van der Waals surface area contributed by atoms with E-state index in [4.69, 9.17) is 22.2 Å². The third-order valence-corrected chi connectivity index (χ3v) is 7.23. The summed E-state index contributed by atoms with van der Waals surface area (Å²) >= 11 is 5.76. The maximum Gasteiger partial charge on any atom is 0.225 e. The summed E-state index contributed by atoms with van der Waals surface area (Å²) in [7, 11) is 4.05. The second-order valence-corrected chi connectivity index (χ2v) is 11.1. The van der Waals surface area contributed by atoms with E-state index in [1.54, 1.807) is 0 Å². The number of hydrogen-bond acceptors (Lipinski definition) is 5. The van der Waals surface area contributed by atoms with E-state index in [0.29, 0.717) is 29.9 Å². The van der Waals surface area contributed by atoms with Crippen LogP contribution in [0.25, 0.3) is 10.9 Å². The van der Waals surface area contributed by atoms with Gasteiger partial charge in [0.2, 0.25) is 5.95 Å². The van der Waals surface area contributed by atoms with Gasteiger partial charge < -0.3 is 20.9 Å². The minimum atomic E-state index is 0.356. The Hall–Kier alpha value is -2.93. The number of rotatable bonds is 7. The minimum absolute atomic E-state index is 0.356. The summed E-state index contributed by atoms with van der Waals surface area (Å²) in [5, 5.41) is 12.5. The van der Waals surface area contributed by atoms with E-state index in [-0.39, 0.29) is 0 Å². The van der Waals surface area contributed by atoms with Crippen molar-refractivity contribution in [2.75, 3.05) is 29.6 Å². The normalized spacial score (nSPS) is 17.9. The first-order chi connectivity index (χ1) is 17.2. The van der Waals surface area contributed by atoms with Gasteiger partial charge in [0.15, 0.2) is 5.11 Å². The molecule has 2 aromatic carbocycles. The quantitative estimate of drug-likeness (QED) is 0.311. The van der Waals surface area contributed by atoms with Crippen LogP contribution in [0.15, 0.2) is 42.5 Å². The van der Waals surface area contributed by atoms with Crippen LogP contribution in [0, 0.1) is 0 Å². The number of aromatic nitrogens is 2. The van der Waals surface area contributed by atoms with E-state index in [1.165, 1.54) is 16.8 Å². The molecule has 3 aromatic rings. The van der Waals surface area contributed by atoms with Crippen LogP contribution in [0.4, 0.5) is 17.5 Å². The SMILES string of the molecule is CC(C)c1cccc(C(C)C)c1NC(=S)NC1CCC(Nc2nc(N(C)C)c3ccccc3n2)CC1. The van der Waals surface area contributed by atoms with Crippen LogP contribution in [0.3, 0.4) is 0 Å². The molecular formula is C29H40N6S. The maximum atomic E-state index is 5.76. The van der Waals surface area contributed by atoms with Gasteiger partial charge in [-0.3, -0.25) is 0 Å². The Labute approximate surface area is 221 Å². The molecule has 1 heterocycles. The van der Waals surface area contributed by atoms with Crippen molar-refractivity contribution in [2.45, 2.75) is 77.3 Å². The molecule has 6 nitrogen and oxygen atoms in total. The first-order valence-corrected chi connectivity index (χ1v) is 13.5. The van der Waals surface area contributed by atoms with Gasteiger partial charge in [0.05, 0.1) is 5.52 Å². The van der Waals surface area contributed by atoms with E-state index < -0.39 is 0 Å². The summed E-state index contributed by atoms with van der Waals surface area (Å²) in [5.41, 5.74) is 4.75. The number of hydrogen-bond donors (Lipinski definition) is 3. The monoisotopic (exact) mass is 504 g/mol. The van der Waals surface area contributed by atoms with Crippen LogP contribution in [-0.4, -0.2) is 41.3 Å². The fourth-order valence-corrected chi connectivity index (χ4v) is 5.33. The zero-order valence-corrected chi connectivity index (χ0v) is 23.2. The van der Waals surface area contributed by atoms with E-state index in [1.807, 2.05) is 37.2 Å². The lowest BCUT2D eigenvalue weighted by atomic mass is 9.91. The van der Waals surface area contributed by atoms with Gasteiger partial charge in [0.1, 0.15) is 5.82 Å². The average molecular weight is 505 g/mol. The highest BCUT2D eigenvalue weighted by Crippen LogP contribution is 2.32. The van der Waals surface area contributed by atoms with Gasteiger partial charge in [0, 0.05) is 37.3 Å². The van der Waals surface area contributed by atoms with Gasteiger partial charge in [-0.25, -0.2) is 4.98 Å². The maximum absolute atomic E-state index is 5.76. The van der Waals surface area contributed by atoms with Crippen molar-refractivity contribution in [2.24, 2.45) is 0 Å². The third kappa shape index (κ3) is 6.06. The predicted octanol–water partition coefficient (Wildman–Crippen LogP) is 6.65. The molecule has 4 rings (SSSR count). The molecule has 36 heavy (non-hydrogen) atoms. The topological polar surface area (TPSA) is 65.1 Å². The molecule has 0 amide bonds. The Bertz CT molecular complexity index is 1170. The Morgan fingerprint density at radius 2 is 1.47 bits per heavy atom. The molecular weight excluding hydrogens is 464 g/mol. The molecule has 1 aliphatic carbocycles. The molecule has 1 aliphatic rings. The van der Waals surface area contributed by atoms with Crippen LogP contribution in [0.5, 0.6) is 0 Å². The van der Waals surface area contributed by atoms with Crippen molar-refractivity contribution in [1.29, 1.82) is 0 Å². The minimum Gasteiger partial charge on any atom is -0.362 e. The van der Waals surface area contributed by atoms with Crippen molar-refractivity contribution in [1.82, 2.24) is 15.3 Å². The fourth-order valence-electron chi connectivity index (χ4n) is 5.06. The third-order valence-electron chi connectivity index (χ3n) is 7.01. The van der Waals surface area contributed by atoms with E-state index in [0.717, 1.165) is 47.5 Å². The summed E-state index contributed by atoms with van der Waals surface area (Å²) < 4.78 is 0. The summed E-state index contributed by atoms with van der Waals surface area (Å²) in [6.07, 6.45) is 4.20. The second kappa shape index (κ2) is 11.4. The van der Waals surface area contributed by atoms with E-state index >= 15 is 0 Å². The Morgan fingerprint density at radius 1 is 0.861 bits per heavy atom. The molecule has 0 aliphatic heterocycles. The lowest BCUT2D eigenvalue weighted by Crippen LogP contribution is -2.42. The van der Waals surface area contributed by atoms with Crippen LogP contribution in [0.2, 0.25) is 0 Å². The highest BCUT2D eigenvalue weighted by molar-refractivity contribution is 7.80. The molecule has 0 spiro atoms. The standard InChI is InChI=1S/C29H40N6S/c1-18(2)22-11-9-12-23(19(3)4)26(22)33-29(36)31-21-16-14-20(15-17-21)30-28-32-25-13-8-7-10-24(25)27(34-28)35(5)6/h7-13,18-21H,14-17H2,1-6H3,(H,30,32,34)(H2,31,33,36). The highest BCUT2D eigenvalue weighted by atomic mass is 32.1. The smallest absolute Gasteiger partial charge is 0.225 e. The van der Waals surface area contributed by atoms with Crippen molar-refractivity contribution < 1.29 is 0 Å². The van der Waals surface area contributed by atoms with E-state index in [9.17, 15) is 0 Å². The lowest BCUT2D eigenvalue weighted by molar-refractivity contribution is 0.387. The summed E-state index contributed by atoms with van der Waals surface area (Å²) in [4.78, 5) is 11.6. The molecule has 0 radical (unpaired) electrons. The van der Waals surface area contributed by atoms with Gasteiger partial charge in [-0.1, -0.05) is 58.0 Å². The Morgan fingerprint density at radius 3 is 2.08 bits per heavy atom. The zero-order valence-electron chi connectivity index (χ0n) is 22.4. The molecule has 0 bridgehead atoms. The Balaban J connectivity index is 1.36. The molecule has 1 aromatic heterocycles. The second-order valence-electron chi connectivity index (χ2n) is 10.7. The van der Waals surface area contributed by atoms with Crippen LogP contribution in [-0.2, 0) is 0 Å². The molecule has 192 valence electrons. The highest BCUT2D eigenvalue weighted by Gasteiger charge is 2.23. The molecule has 0 saturated heterocycles. The number of thiocarbonyl (C=S) groups is 1. The van der Waals surface area contributed by atoms with Gasteiger partial charge in [-0.15, -0.1) is 0 Å². The molecule has 0 atom stereocenters. The summed E-state index contributed by atoms with van der Waals surface area (Å²) in [5.74, 6) is 2.51. The van der Waals surface area contributed by atoms with Crippen LogP contribution < -0.4 is 20.9 Å². The number of fused-ring (bicyclic) bond motifs is 1.